The van der Waals surface area contributed by atoms with Crippen molar-refractivity contribution >= 4 is 16.9 Å². The smallest absolute Gasteiger partial charge is 0.237 e. The van der Waals surface area contributed by atoms with Crippen LogP contribution in [0.3, 0.4) is 0 Å². The van der Waals surface area contributed by atoms with Crippen LogP contribution in [0.15, 0.2) is 54.9 Å². The van der Waals surface area contributed by atoms with Crippen LogP contribution in [0.25, 0.3) is 16.7 Å². The maximum absolute atomic E-state index is 12.1. The van der Waals surface area contributed by atoms with Gasteiger partial charge in [-0.05, 0) is 35.7 Å². The molecule has 0 saturated carbocycles. The zero-order valence-corrected chi connectivity index (χ0v) is 14.6. The molecule has 0 saturated heterocycles. The molecule has 0 aliphatic carbocycles. The lowest BCUT2D eigenvalue weighted by atomic mass is 9.99. The molecule has 0 aliphatic rings. The molecule has 3 rings (SSSR count). The van der Waals surface area contributed by atoms with Gasteiger partial charge in [-0.3, -0.25) is 9.36 Å². The lowest BCUT2D eigenvalue weighted by molar-refractivity contribution is -0.123. The second kappa shape index (κ2) is 7.49. The molecule has 5 nitrogen and oxygen atoms in total. The number of fused-ring (bicyclic) bond motifs is 1. The molecule has 0 spiro atoms. The van der Waals surface area contributed by atoms with Gasteiger partial charge in [-0.15, -0.1) is 0 Å². The van der Waals surface area contributed by atoms with Gasteiger partial charge in [0.2, 0.25) is 5.91 Å². The Morgan fingerprint density at radius 1 is 1.20 bits per heavy atom. The molecule has 1 amide bonds. The SMILES string of the molecule is CCC(C)C(N)C(=O)NCc1ccc(-n2cnc3ccccc32)cc1. The van der Waals surface area contributed by atoms with Crippen LogP contribution in [-0.2, 0) is 11.3 Å². The molecule has 130 valence electrons. The minimum absolute atomic E-state index is 0.0981. The topological polar surface area (TPSA) is 72.9 Å². The quantitative estimate of drug-likeness (QED) is 0.727. The number of hydrogen-bond acceptors (Lipinski definition) is 3. The first kappa shape index (κ1) is 17.2. The van der Waals surface area contributed by atoms with Crippen LogP contribution in [0, 0.1) is 5.92 Å². The molecule has 1 aromatic heterocycles. The predicted molar refractivity (Wildman–Crippen MR) is 100 cm³/mol. The predicted octanol–water partition coefficient (Wildman–Crippen LogP) is 3.02. The molecule has 3 N–H and O–H groups in total. The highest BCUT2D eigenvalue weighted by atomic mass is 16.2. The Kier molecular flexibility index (Phi) is 5.14. The number of nitrogens with zero attached hydrogens (tertiary/aromatic N) is 2. The van der Waals surface area contributed by atoms with Gasteiger partial charge in [0, 0.05) is 12.2 Å². The Morgan fingerprint density at radius 2 is 1.92 bits per heavy atom. The number of nitrogens with two attached hydrogens (primary N) is 1. The standard InChI is InChI=1S/C20H24N4O/c1-3-14(2)19(21)20(25)22-12-15-8-10-16(11-9-15)24-13-23-17-6-4-5-7-18(17)24/h4-11,13-14,19H,3,12,21H2,1-2H3,(H,22,25). The number of para-hydroxylation sites is 2. The minimum atomic E-state index is -0.457. The van der Waals surface area contributed by atoms with Crippen LogP contribution < -0.4 is 11.1 Å². The largest absolute Gasteiger partial charge is 0.351 e. The van der Waals surface area contributed by atoms with Gasteiger partial charge in [-0.2, -0.15) is 0 Å². The second-order valence-corrected chi connectivity index (χ2v) is 6.40. The summed E-state index contributed by atoms with van der Waals surface area (Å²) in [5, 5.41) is 2.91. The Labute approximate surface area is 147 Å². The molecule has 2 aromatic carbocycles. The third kappa shape index (κ3) is 3.72. The van der Waals surface area contributed by atoms with E-state index in [1.165, 1.54) is 0 Å². The average Bonchev–Trinajstić information content (AvgIpc) is 3.09. The van der Waals surface area contributed by atoms with Crippen molar-refractivity contribution in [2.24, 2.45) is 11.7 Å². The summed E-state index contributed by atoms with van der Waals surface area (Å²) in [6, 6.07) is 15.7. The number of nitrogens with one attached hydrogen (secondary N) is 1. The summed E-state index contributed by atoms with van der Waals surface area (Å²) in [5.74, 6) is 0.0796. The van der Waals surface area contributed by atoms with Gasteiger partial charge in [0.15, 0.2) is 0 Å². The average molecular weight is 336 g/mol. The molecule has 0 aliphatic heterocycles. The van der Waals surface area contributed by atoms with E-state index in [-0.39, 0.29) is 11.8 Å². The van der Waals surface area contributed by atoms with Crippen LogP contribution >= 0.6 is 0 Å². The number of hydrogen-bond donors (Lipinski definition) is 2. The van der Waals surface area contributed by atoms with Gasteiger partial charge >= 0.3 is 0 Å². The third-order valence-corrected chi connectivity index (χ3v) is 4.69. The number of carbonyl (C=O) groups is 1. The van der Waals surface area contributed by atoms with Crippen molar-refractivity contribution in [2.75, 3.05) is 0 Å². The lowest BCUT2D eigenvalue weighted by Crippen LogP contribution is -2.44. The van der Waals surface area contributed by atoms with Gasteiger partial charge in [-0.25, -0.2) is 4.98 Å². The fourth-order valence-electron chi connectivity index (χ4n) is 2.76. The van der Waals surface area contributed by atoms with Crippen molar-refractivity contribution < 1.29 is 4.79 Å². The number of carbonyl (C=O) groups excluding carboxylic acids is 1. The first-order chi connectivity index (χ1) is 12.1. The van der Waals surface area contributed by atoms with E-state index in [0.29, 0.717) is 6.54 Å². The minimum Gasteiger partial charge on any atom is -0.351 e. The number of rotatable bonds is 6. The fraction of sp³-hybridized carbons (Fsp3) is 0.300. The van der Waals surface area contributed by atoms with Crippen molar-refractivity contribution in [1.82, 2.24) is 14.9 Å². The Bertz CT molecular complexity index is 854. The number of benzene rings is 2. The zero-order chi connectivity index (χ0) is 17.8. The molecule has 3 aromatic rings. The van der Waals surface area contributed by atoms with E-state index in [4.69, 9.17) is 5.73 Å². The molecule has 5 heteroatoms. The van der Waals surface area contributed by atoms with E-state index < -0.39 is 6.04 Å². The van der Waals surface area contributed by atoms with Crippen molar-refractivity contribution in [1.29, 1.82) is 0 Å². The number of aromatic nitrogens is 2. The lowest BCUT2D eigenvalue weighted by Gasteiger charge is -2.17. The van der Waals surface area contributed by atoms with Crippen LogP contribution in [0.1, 0.15) is 25.8 Å². The first-order valence-electron chi connectivity index (χ1n) is 8.65. The summed E-state index contributed by atoms with van der Waals surface area (Å²) < 4.78 is 2.05. The van der Waals surface area contributed by atoms with Crippen LogP contribution in [0.5, 0.6) is 0 Å². The van der Waals surface area contributed by atoms with Crippen molar-refractivity contribution in [2.45, 2.75) is 32.9 Å². The van der Waals surface area contributed by atoms with Crippen LogP contribution in [0.4, 0.5) is 0 Å². The molecular formula is C20H24N4O. The highest BCUT2D eigenvalue weighted by Crippen LogP contribution is 2.18. The van der Waals surface area contributed by atoms with Gasteiger partial charge < -0.3 is 11.1 Å². The summed E-state index contributed by atoms with van der Waals surface area (Å²) in [4.78, 5) is 16.5. The summed E-state index contributed by atoms with van der Waals surface area (Å²) in [5.41, 5.74) is 10.1. The molecule has 0 fully saturated rings. The zero-order valence-electron chi connectivity index (χ0n) is 14.6. The molecule has 1 heterocycles. The normalized spacial score (nSPS) is 13.6. The van der Waals surface area contributed by atoms with Crippen molar-refractivity contribution in [3.05, 3.63) is 60.4 Å². The molecule has 2 unspecified atom stereocenters. The summed E-state index contributed by atoms with van der Waals surface area (Å²) >= 11 is 0. The van der Waals surface area contributed by atoms with E-state index in [9.17, 15) is 4.79 Å². The Morgan fingerprint density at radius 3 is 2.64 bits per heavy atom. The Hall–Kier alpha value is -2.66. The highest BCUT2D eigenvalue weighted by molar-refractivity contribution is 5.81. The third-order valence-electron chi connectivity index (χ3n) is 4.69. The fourth-order valence-corrected chi connectivity index (χ4v) is 2.76. The summed E-state index contributed by atoms with van der Waals surface area (Å²) in [7, 11) is 0. The van der Waals surface area contributed by atoms with E-state index in [2.05, 4.69) is 14.9 Å². The molecule has 0 bridgehead atoms. The monoisotopic (exact) mass is 336 g/mol. The van der Waals surface area contributed by atoms with Crippen molar-refractivity contribution in [3.63, 3.8) is 0 Å². The Balaban J connectivity index is 1.68. The van der Waals surface area contributed by atoms with Gasteiger partial charge in [0.1, 0.15) is 6.33 Å². The number of imidazole rings is 1. The molecule has 2 atom stereocenters. The number of amides is 1. The maximum Gasteiger partial charge on any atom is 0.237 e. The second-order valence-electron chi connectivity index (χ2n) is 6.40. The summed E-state index contributed by atoms with van der Waals surface area (Å²) in [6.07, 6.45) is 2.72. The van der Waals surface area contributed by atoms with E-state index in [1.54, 1.807) is 0 Å². The highest BCUT2D eigenvalue weighted by Gasteiger charge is 2.18. The first-order valence-corrected chi connectivity index (χ1v) is 8.65. The van der Waals surface area contributed by atoms with Crippen LogP contribution in [0.2, 0.25) is 0 Å². The van der Waals surface area contributed by atoms with E-state index in [1.807, 2.05) is 68.7 Å². The van der Waals surface area contributed by atoms with Gasteiger partial charge in [0.05, 0.1) is 17.1 Å². The van der Waals surface area contributed by atoms with Crippen molar-refractivity contribution in [3.8, 4) is 5.69 Å². The van der Waals surface area contributed by atoms with Gasteiger partial charge in [-0.1, -0.05) is 44.5 Å². The van der Waals surface area contributed by atoms with E-state index >= 15 is 0 Å². The summed E-state index contributed by atoms with van der Waals surface area (Å²) in [6.45, 7) is 4.51. The molecule has 25 heavy (non-hydrogen) atoms. The van der Waals surface area contributed by atoms with E-state index in [0.717, 1.165) is 28.7 Å². The van der Waals surface area contributed by atoms with Crippen LogP contribution in [-0.4, -0.2) is 21.5 Å². The maximum atomic E-state index is 12.1. The van der Waals surface area contributed by atoms with Gasteiger partial charge in [0.25, 0.3) is 0 Å². The molecule has 0 radical (unpaired) electrons. The molecular weight excluding hydrogens is 312 g/mol.